The first-order chi connectivity index (χ1) is 9.88. The molecule has 0 N–H and O–H groups in total. The summed E-state index contributed by atoms with van der Waals surface area (Å²) in [4.78, 5) is 4.21. The molecular weight excluding hydrogens is 244 g/mol. The second-order valence-electron chi connectivity index (χ2n) is 4.40. The van der Waals surface area contributed by atoms with Crippen molar-refractivity contribution >= 4 is 0 Å². The van der Waals surface area contributed by atoms with Gasteiger partial charge >= 0.3 is 0 Å². The first kappa shape index (κ1) is 12.1. The van der Waals surface area contributed by atoms with E-state index in [4.69, 9.17) is 5.26 Å². The second-order valence-corrected chi connectivity index (χ2v) is 4.40. The zero-order chi connectivity index (χ0) is 13.8. The second kappa shape index (κ2) is 5.38. The number of benzene rings is 2. The molecule has 3 rings (SSSR count). The third kappa shape index (κ3) is 2.30. The zero-order valence-corrected chi connectivity index (χ0v) is 10.7. The van der Waals surface area contributed by atoms with Gasteiger partial charge in [-0.15, -0.1) is 0 Å². The lowest BCUT2D eigenvalue weighted by Gasteiger charge is -2.09. The summed E-state index contributed by atoms with van der Waals surface area (Å²) in [5.41, 5.74) is 4.99. The van der Waals surface area contributed by atoms with Gasteiger partial charge in [-0.05, 0) is 47.0 Å². The molecular formula is C18H11N2. The molecule has 0 aliphatic heterocycles. The minimum absolute atomic E-state index is 0.664. The zero-order valence-electron chi connectivity index (χ0n) is 10.7. The molecule has 1 radical (unpaired) electrons. The Balaban J connectivity index is 2.12. The molecule has 3 aromatic rings. The van der Waals surface area contributed by atoms with Crippen molar-refractivity contribution in [3.8, 4) is 28.3 Å². The van der Waals surface area contributed by atoms with Gasteiger partial charge in [-0.25, -0.2) is 0 Å². The molecule has 20 heavy (non-hydrogen) atoms. The Bertz CT molecular complexity index is 753. The summed E-state index contributed by atoms with van der Waals surface area (Å²) in [6.07, 6.45) is 3.64. The molecule has 0 atom stereocenters. The molecule has 0 unspecified atom stereocenters. The van der Waals surface area contributed by atoms with E-state index >= 15 is 0 Å². The fourth-order valence-electron chi connectivity index (χ4n) is 2.16. The highest BCUT2D eigenvalue weighted by molar-refractivity contribution is 5.82. The van der Waals surface area contributed by atoms with Crippen LogP contribution in [0.3, 0.4) is 0 Å². The van der Waals surface area contributed by atoms with Gasteiger partial charge in [0.2, 0.25) is 0 Å². The first-order valence-corrected chi connectivity index (χ1v) is 6.29. The topological polar surface area (TPSA) is 36.7 Å². The number of nitriles is 1. The summed E-state index contributed by atoms with van der Waals surface area (Å²) < 4.78 is 0. The van der Waals surface area contributed by atoms with E-state index in [9.17, 15) is 0 Å². The van der Waals surface area contributed by atoms with Crippen molar-refractivity contribution < 1.29 is 0 Å². The van der Waals surface area contributed by atoms with E-state index in [0.717, 1.165) is 22.3 Å². The van der Waals surface area contributed by atoms with Gasteiger partial charge in [-0.3, -0.25) is 4.98 Å². The summed E-state index contributed by atoms with van der Waals surface area (Å²) >= 11 is 0. The molecule has 0 aliphatic rings. The number of nitrogens with zero attached hydrogens (tertiary/aromatic N) is 2. The van der Waals surface area contributed by atoms with Crippen molar-refractivity contribution in [1.82, 2.24) is 4.98 Å². The molecule has 0 saturated carbocycles. The maximum absolute atomic E-state index is 8.87. The average Bonchev–Trinajstić information content (AvgIpc) is 2.56. The van der Waals surface area contributed by atoms with Crippen molar-refractivity contribution in [2.75, 3.05) is 0 Å². The molecule has 0 spiro atoms. The monoisotopic (exact) mass is 255 g/mol. The van der Waals surface area contributed by atoms with E-state index in [-0.39, 0.29) is 0 Å². The van der Waals surface area contributed by atoms with E-state index in [2.05, 4.69) is 17.1 Å². The lowest BCUT2D eigenvalue weighted by molar-refractivity contribution is 1.33. The Morgan fingerprint density at radius 1 is 0.950 bits per heavy atom. The van der Waals surface area contributed by atoms with Crippen molar-refractivity contribution in [2.45, 2.75) is 0 Å². The van der Waals surface area contributed by atoms with Crippen LogP contribution in [-0.4, -0.2) is 4.98 Å². The van der Waals surface area contributed by atoms with Crippen molar-refractivity contribution in [3.05, 3.63) is 78.6 Å². The fraction of sp³-hybridized carbons (Fsp3) is 0. The molecule has 0 amide bonds. The Hall–Kier alpha value is -2.92. The number of pyridine rings is 1. The Morgan fingerprint density at radius 3 is 2.50 bits per heavy atom. The largest absolute Gasteiger partial charge is 0.264 e. The van der Waals surface area contributed by atoms with E-state index in [0.29, 0.717) is 5.56 Å². The number of hydrogen-bond acceptors (Lipinski definition) is 2. The third-order valence-corrected chi connectivity index (χ3v) is 3.16. The molecule has 2 nitrogen and oxygen atoms in total. The van der Waals surface area contributed by atoms with Gasteiger partial charge in [0.1, 0.15) is 0 Å². The van der Waals surface area contributed by atoms with Crippen LogP contribution in [0, 0.1) is 17.4 Å². The van der Waals surface area contributed by atoms with Gasteiger partial charge < -0.3 is 0 Å². The van der Waals surface area contributed by atoms with E-state index in [1.54, 1.807) is 6.20 Å². The minimum Gasteiger partial charge on any atom is -0.264 e. The predicted molar refractivity (Wildman–Crippen MR) is 78.7 cm³/mol. The highest BCUT2D eigenvalue weighted by Gasteiger charge is 2.07. The van der Waals surface area contributed by atoms with Gasteiger partial charge in [0, 0.05) is 18.0 Å². The Kier molecular flexibility index (Phi) is 3.26. The lowest BCUT2D eigenvalue weighted by Crippen LogP contribution is -1.87. The van der Waals surface area contributed by atoms with E-state index in [1.807, 2.05) is 60.8 Å². The van der Waals surface area contributed by atoms with Gasteiger partial charge in [0.05, 0.1) is 11.6 Å². The van der Waals surface area contributed by atoms with Crippen LogP contribution in [0.2, 0.25) is 0 Å². The van der Waals surface area contributed by atoms with Crippen LogP contribution in [0.5, 0.6) is 0 Å². The molecule has 0 fully saturated rings. The quantitative estimate of drug-likeness (QED) is 0.691. The fourth-order valence-corrected chi connectivity index (χ4v) is 2.16. The van der Waals surface area contributed by atoms with Crippen molar-refractivity contribution in [1.29, 1.82) is 5.26 Å². The van der Waals surface area contributed by atoms with Crippen LogP contribution >= 0.6 is 0 Å². The van der Waals surface area contributed by atoms with Gasteiger partial charge in [0.25, 0.3) is 0 Å². The summed E-state index contributed by atoms with van der Waals surface area (Å²) in [5, 5.41) is 8.87. The van der Waals surface area contributed by atoms with Gasteiger partial charge in [-0.2, -0.15) is 5.26 Å². The van der Waals surface area contributed by atoms with E-state index in [1.165, 1.54) is 0 Å². The van der Waals surface area contributed by atoms with Crippen LogP contribution in [-0.2, 0) is 0 Å². The maximum Gasteiger partial charge on any atom is 0.0991 e. The standard InChI is InChI=1S/C18H11N2/c19-12-14-6-8-16(9-7-14)17-10-11-20-13-18(17)15-4-2-1-3-5-15/h1-2,4-11,13H. The van der Waals surface area contributed by atoms with Crippen LogP contribution in [0.1, 0.15) is 5.56 Å². The van der Waals surface area contributed by atoms with Gasteiger partial charge in [0.15, 0.2) is 0 Å². The van der Waals surface area contributed by atoms with Crippen LogP contribution < -0.4 is 0 Å². The number of rotatable bonds is 2. The molecule has 1 aromatic heterocycles. The number of hydrogen-bond donors (Lipinski definition) is 0. The SMILES string of the molecule is N#Cc1ccc(-c2ccncc2-c2c[c]ccc2)cc1. The minimum atomic E-state index is 0.664. The normalized spacial score (nSPS) is 9.95. The molecule has 1 heterocycles. The summed E-state index contributed by atoms with van der Waals surface area (Å²) in [7, 11) is 0. The average molecular weight is 255 g/mol. The van der Waals surface area contributed by atoms with Crippen molar-refractivity contribution in [3.63, 3.8) is 0 Å². The highest BCUT2D eigenvalue weighted by Crippen LogP contribution is 2.30. The van der Waals surface area contributed by atoms with Crippen LogP contribution in [0.25, 0.3) is 22.3 Å². The molecule has 0 saturated heterocycles. The third-order valence-electron chi connectivity index (χ3n) is 3.16. The van der Waals surface area contributed by atoms with E-state index < -0.39 is 0 Å². The summed E-state index contributed by atoms with van der Waals surface area (Å²) in [6, 6.07) is 22.6. The smallest absolute Gasteiger partial charge is 0.0991 e. The Morgan fingerprint density at radius 2 is 1.80 bits per heavy atom. The molecule has 2 aromatic carbocycles. The molecule has 2 heteroatoms. The summed E-state index contributed by atoms with van der Waals surface area (Å²) in [5.74, 6) is 0. The van der Waals surface area contributed by atoms with Crippen LogP contribution in [0.15, 0.2) is 67.0 Å². The van der Waals surface area contributed by atoms with Crippen LogP contribution in [0.4, 0.5) is 0 Å². The predicted octanol–water partition coefficient (Wildman–Crippen LogP) is 4.09. The Labute approximate surface area is 118 Å². The highest BCUT2D eigenvalue weighted by atomic mass is 14.6. The van der Waals surface area contributed by atoms with Gasteiger partial charge in [-0.1, -0.05) is 30.3 Å². The van der Waals surface area contributed by atoms with Crippen molar-refractivity contribution in [2.24, 2.45) is 0 Å². The summed E-state index contributed by atoms with van der Waals surface area (Å²) in [6.45, 7) is 0. The molecule has 0 bridgehead atoms. The first-order valence-electron chi connectivity index (χ1n) is 6.29. The molecule has 93 valence electrons. The molecule has 0 aliphatic carbocycles. The maximum atomic E-state index is 8.87. The lowest BCUT2D eigenvalue weighted by atomic mass is 9.96. The number of aromatic nitrogens is 1.